The van der Waals surface area contributed by atoms with Crippen molar-refractivity contribution < 1.29 is 24.2 Å². The first-order valence-electron chi connectivity index (χ1n) is 19.1. The topological polar surface area (TPSA) is 206 Å². The van der Waals surface area contributed by atoms with Crippen LogP contribution in [0.3, 0.4) is 0 Å². The van der Waals surface area contributed by atoms with Gasteiger partial charge in [0, 0.05) is 77.0 Å². The number of nitrogens with two attached hydrogens (primary N) is 2. The van der Waals surface area contributed by atoms with Gasteiger partial charge in [-0.15, -0.1) is 0 Å². The molecule has 0 aliphatic carbocycles. The Hall–Kier alpha value is -4.47. The maximum Gasteiger partial charge on any atom is 0.320 e. The summed E-state index contributed by atoms with van der Waals surface area (Å²) in [5.41, 5.74) is 15.5. The number of carbonyl (C=O) groups excluding carboxylic acids is 2. The maximum absolute atomic E-state index is 12.2. The number of carbonyl (C=O) groups is 3. The van der Waals surface area contributed by atoms with Gasteiger partial charge in [0.1, 0.15) is 17.3 Å². The summed E-state index contributed by atoms with van der Waals surface area (Å²) in [6.45, 7) is 10.4. The molecule has 2 aromatic heterocycles. The predicted octanol–water partition coefficient (Wildman–Crippen LogP) is 3.17. The van der Waals surface area contributed by atoms with Crippen molar-refractivity contribution in [3.05, 3.63) is 41.6 Å². The number of unbranched alkanes of at least 4 members (excludes halogenated alkanes) is 3. The lowest BCUT2D eigenvalue weighted by molar-refractivity contribution is -0.138. The molecule has 3 heterocycles. The van der Waals surface area contributed by atoms with Crippen molar-refractivity contribution in [3.8, 4) is 5.75 Å². The molecular weight excluding hydrogens is 676 g/mol. The van der Waals surface area contributed by atoms with Gasteiger partial charge in [-0.05, 0) is 62.8 Å². The van der Waals surface area contributed by atoms with Crippen LogP contribution in [0, 0.1) is 0 Å². The standard InChI is InChI=1S/C38H60N10O5/c1-3-4-6-17-43-36-35-31(44-38(40)45-36)15-20-48(35)27-29-14-13-28(25-32(29)53-2)26-47-23-21-46(22-24-47)19-9-18-42-34(50)12-8-11-33(49)41-16-7-5-10-30(39)37(51)52/h13-15,20,25,30H,3-12,16-19,21-24,26-27,39H2,1-2H3,(H,41,49)(H,42,50)(H,51,52)(H3,40,43,44,45). The molecule has 0 spiro atoms. The second-order valence-electron chi connectivity index (χ2n) is 13.9. The minimum atomic E-state index is -1.01. The third-order valence-electron chi connectivity index (χ3n) is 9.63. The maximum atomic E-state index is 12.2. The number of ether oxygens (including phenoxy) is 1. The number of nitrogen functional groups attached to an aromatic ring is 1. The highest BCUT2D eigenvalue weighted by molar-refractivity contribution is 5.87. The molecule has 0 bridgehead atoms. The Bertz CT molecular complexity index is 1610. The van der Waals surface area contributed by atoms with E-state index in [0.717, 1.165) is 99.7 Å². The number of piperazine rings is 1. The number of hydrogen-bond acceptors (Lipinski definition) is 11. The quantitative estimate of drug-likeness (QED) is 0.0734. The molecule has 53 heavy (non-hydrogen) atoms. The van der Waals surface area contributed by atoms with Crippen LogP contribution in [0.4, 0.5) is 11.8 Å². The molecule has 1 fully saturated rings. The van der Waals surface area contributed by atoms with Crippen molar-refractivity contribution >= 4 is 40.6 Å². The summed E-state index contributed by atoms with van der Waals surface area (Å²) < 4.78 is 8.01. The number of carboxylic acid groups (broad SMARTS) is 1. The second kappa shape index (κ2) is 21.9. The van der Waals surface area contributed by atoms with Crippen molar-refractivity contribution in [1.29, 1.82) is 0 Å². The van der Waals surface area contributed by atoms with Crippen molar-refractivity contribution in [2.24, 2.45) is 5.73 Å². The van der Waals surface area contributed by atoms with E-state index in [1.165, 1.54) is 5.56 Å². The number of anilines is 2. The largest absolute Gasteiger partial charge is 0.496 e. The van der Waals surface area contributed by atoms with E-state index in [2.05, 4.69) is 65.4 Å². The highest BCUT2D eigenvalue weighted by Crippen LogP contribution is 2.27. The van der Waals surface area contributed by atoms with Gasteiger partial charge in [-0.2, -0.15) is 4.98 Å². The Morgan fingerprint density at radius 3 is 2.28 bits per heavy atom. The average molecular weight is 737 g/mol. The number of nitrogens with one attached hydrogen (secondary N) is 3. The number of aromatic nitrogens is 3. The minimum Gasteiger partial charge on any atom is -0.496 e. The second-order valence-corrected chi connectivity index (χ2v) is 13.9. The molecule has 8 N–H and O–H groups in total. The van der Waals surface area contributed by atoms with E-state index in [4.69, 9.17) is 21.3 Å². The number of aliphatic carboxylic acids is 1. The molecule has 15 heteroatoms. The number of hydrogen-bond donors (Lipinski definition) is 6. The van der Waals surface area contributed by atoms with Crippen LogP contribution in [0.15, 0.2) is 30.5 Å². The number of methoxy groups -OCH3 is 1. The number of fused-ring (bicyclic) bond motifs is 1. The zero-order chi connectivity index (χ0) is 38.0. The van der Waals surface area contributed by atoms with Gasteiger partial charge in [0.2, 0.25) is 17.8 Å². The lowest BCUT2D eigenvalue weighted by Gasteiger charge is -2.34. The van der Waals surface area contributed by atoms with E-state index in [1.807, 2.05) is 12.3 Å². The molecule has 292 valence electrons. The van der Waals surface area contributed by atoms with Gasteiger partial charge in [0.25, 0.3) is 0 Å². The fraction of sp³-hybridized carbons (Fsp3) is 0.605. The molecular formula is C38H60N10O5. The molecule has 15 nitrogen and oxygen atoms in total. The number of benzene rings is 1. The molecule has 0 radical (unpaired) electrons. The fourth-order valence-electron chi connectivity index (χ4n) is 6.55. The van der Waals surface area contributed by atoms with E-state index in [-0.39, 0.29) is 17.8 Å². The average Bonchev–Trinajstić information content (AvgIpc) is 3.54. The molecule has 0 saturated carbocycles. The van der Waals surface area contributed by atoms with Crippen molar-refractivity contribution in [1.82, 2.24) is 35.0 Å². The van der Waals surface area contributed by atoms with E-state index in [0.29, 0.717) is 58.2 Å². The molecule has 1 atom stereocenters. The molecule has 1 saturated heterocycles. The van der Waals surface area contributed by atoms with E-state index < -0.39 is 12.0 Å². The van der Waals surface area contributed by atoms with Crippen molar-refractivity contribution in [2.45, 2.75) is 90.3 Å². The van der Waals surface area contributed by atoms with Gasteiger partial charge in [0.15, 0.2) is 5.82 Å². The number of amides is 2. The Kier molecular flexibility index (Phi) is 17.1. The molecule has 4 rings (SSSR count). The lowest BCUT2D eigenvalue weighted by atomic mass is 10.1. The van der Waals surface area contributed by atoms with Gasteiger partial charge in [0.05, 0.1) is 19.2 Å². The molecule has 2 amide bonds. The third kappa shape index (κ3) is 13.8. The summed E-state index contributed by atoms with van der Waals surface area (Å²) in [7, 11) is 1.72. The van der Waals surface area contributed by atoms with Gasteiger partial charge < -0.3 is 46.7 Å². The fourth-order valence-corrected chi connectivity index (χ4v) is 6.55. The molecule has 1 unspecified atom stereocenters. The Morgan fingerprint density at radius 2 is 1.58 bits per heavy atom. The lowest BCUT2D eigenvalue weighted by Crippen LogP contribution is -2.46. The summed E-state index contributed by atoms with van der Waals surface area (Å²) in [6, 6.07) is 7.60. The molecule has 1 aromatic carbocycles. The van der Waals surface area contributed by atoms with E-state index in [1.54, 1.807) is 7.11 Å². The van der Waals surface area contributed by atoms with Crippen LogP contribution in [-0.4, -0.2) is 113 Å². The van der Waals surface area contributed by atoms with Crippen LogP contribution in [0.2, 0.25) is 0 Å². The smallest absolute Gasteiger partial charge is 0.320 e. The monoisotopic (exact) mass is 736 g/mol. The van der Waals surface area contributed by atoms with Crippen LogP contribution in [0.25, 0.3) is 11.0 Å². The van der Waals surface area contributed by atoms with Crippen molar-refractivity contribution in [3.63, 3.8) is 0 Å². The van der Waals surface area contributed by atoms with Crippen LogP contribution < -0.4 is 32.2 Å². The Balaban J connectivity index is 1.12. The minimum absolute atomic E-state index is 0.0350. The zero-order valence-electron chi connectivity index (χ0n) is 31.6. The van der Waals surface area contributed by atoms with E-state index >= 15 is 0 Å². The van der Waals surface area contributed by atoms with Crippen LogP contribution >= 0.6 is 0 Å². The third-order valence-corrected chi connectivity index (χ3v) is 9.63. The summed E-state index contributed by atoms with van der Waals surface area (Å²) >= 11 is 0. The van der Waals surface area contributed by atoms with Gasteiger partial charge in [-0.1, -0.05) is 31.9 Å². The van der Waals surface area contributed by atoms with Crippen LogP contribution in [0.1, 0.15) is 82.3 Å². The highest BCUT2D eigenvalue weighted by atomic mass is 16.5. The first-order chi connectivity index (χ1) is 25.7. The highest BCUT2D eigenvalue weighted by Gasteiger charge is 2.19. The molecule has 3 aromatic rings. The van der Waals surface area contributed by atoms with Crippen LogP contribution in [0.5, 0.6) is 5.75 Å². The zero-order valence-corrected chi connectivity index (χ0v) is 31.6. The summed E-state index contributed by atoms with van der Waals surface area (Å²) in [5.74, 6) is 0.738. The predicted molar refractivity (Wildman–Crippen MR) is 208 cm³/mol. The van der Waals surface area contributed by atoms with Gasteiger partial charge in [-0.3, -0.25) is 19.3 Å². The summed E-state index contributed by atoms with van der Waals surface area (Å²) in [5, 5.41) is 18.1. The summed E-state index contributed by atoms with van der Waals surface area (Å²) in [6.07, 6.45) is 9.08. The SMILES string of the molecule is CCCCCNc1nc(N)nc2ccn(Cc3ccc(CN4CCN(CCCNC(=O)CCCC(=O)NCCCCC(N)C(=O)O)CC4)cc3OC)c12. The number of rotatable bonds is 24. The number of nitrogens with zero attached hydrogens (tertiary/aromatic N) is 5. The van der Waals surface area contributed by atoms with Gasteiger partial charge >= 0.3 is 5.97 Å². The van der Waals surface area contributed by atoms with E-state index in [9.17, 15) is 14.4 Å². The Morgan fingerprint density at radius 1 is 0.887 bits per heavy atom. The first kappa shape index (κ1) is 41.3. The first-order valence-corrected chi connectivity index (χ1v) is 19.1. The number of carboxylic acids is 1. The van der Waals surface area contributed by atoms with Gasteiger partial charge in [-0.25, -0.2) is 4.98 Å². The van der Waals surface area contributed by atoms with Crippen LogP contribution in [-0.2, 0) is 27.5 Å². The Labute approximate surface area is 313 Å². The molecule has 1 aliphatic rings. The normalized spacial score (nSPS) is 14.2. The molecule has 1 aliphatic heterocycles. The van der Waals surface area contributed by atoms with Crippen molar-refractivity contribution in [2.75, 3.05) is 70.5 Å². The summed E-state index contributed by atoms with van der Waals surface area (Å²) in [4.78, 5) is 48.8.